The zero-order valence-corrected chi connectivity index (χ0v) is 27.4. The summed E-state index contributed by atoms with van der Waals surface area (Å²) in [6, 6.07) is 5.04. The smallest absolute Gasteiger partial charge is 0.437 e. The van der Waals surface area contributed by atoms with Crippen LogP contribution in [0.25, 0.3) is 11.4 Å². The van der Waals surface area contributed by atoms with Crippen molar-refractivity contribution in [1.82, 2.24) is 20.4 Å². The van der Waals surface area contributed by atoms with Gasteiger partial charge < -0.3 is 28.7 Å². The quantitative estimate of drug-likeness (QED) is 0.168. The van der Waals surface area contributed by atoms with Crippen LogP contribution in [-0.2, 0) is 9.47 Å². The number of unbranched alkanes of at least 4 members (excludes halogenated alkanes) is 5. The number of aryl methyl sites for hydroxylation is 1. The lowest BCUT2D eigenvalue weighted by Gasteiger charge is -2.27. The fourth-order valence-corrected chi connectivity index (χ4v) is 4.71. The summed E-state index contributed by atoms with van der Waals surface area (Å²) in [6.07, 6.45) is 4.85. The molecule has 0 radical (unpaired) electrons. The summed E-state index contributed by atoms with van der Waals surface area (Å²) < 4.78 is 22.4. The molecule has 1 aromatic carbocycles. The second-order valence-corrected chi connectivity index (χ2v) is 13.2. The number of alkyl carbamates (subject to hydrolysis) is 1. The van der Waals surface area contributed by atoms with Gasteiger partial charge in [-0.05, 0) is 78.6 Å². The second-order valence-electron chi connectivity index (χ2n) is 13.2. The van der Waals surface area contributed by atoms with Gasteiger partial charge in [0, 0.05) is 18.5 Å². The number of hydrogen-bond acceptors (Lipinski definition) is 9. The van der Waals surface area contributed by atoms with E-state index >= 15 is 0 Å². The highest BCUT2D eigenvalue weighted by molar-refractivity contribution is 5.99. The number of nitrogens with zero attached hydrogens (tertiary/aromatic N) is 4. The normalized spacial score (nSPS) is 17.5. The van der Waals surface area contributed by atoms with Gasteiger partial charge in [-0.1, -0.05) is 44.2 Å². The summed E-state index contributed by atoms with van der Waals surface area (Å²) in [5.41, 5.74) is 0.0880. The molecule has 44 heavy (non-hydrogen) atoms. The molecule has 0 spiro atoms. The number of nitrogens with one attached hydrogen (secondary N) is 1. The van der Waals surface area contributed by atoms with E-state index in [0.29, 0.717) is 12.4 Å². The van der Waals surface area contributed by atoms with E-state index < -0.39 is 35.5 Å². The van der Waals surface area contributed by atoms with Gasteiger partial charge in [-0.15, -0.1) is 4.99 Å². The highest BCUT2D eigenvalue weighted by atomic mass is 16.6. The molecule has 1 fully saturated rings. The van der Waals surface area contributed by atoms with Crippen LogP contribution < -0.4 is 10.1 Å². The predicted molar refractivity (Wildman–Crippen MR) is 166 cm³/mol. The number of aliphatic imine (C=N–C) groups is 1. The maximum Gasteiger partial charge on any atom is 0.437 e. The maximum absolute atomic E-state index is 12.7. The van der Waals surface area contributed by atoms with Crippen molar-refractivity contribution >= 4 is 18.1 Å². The van der Waals surface area contributed by atoms with E-state index in [1.54, 1.807) is 41.5 Å². The average Bonchev–Trinajstić information content (AvgIpc) is 3.53. The minimum atomic E-state index is -0.913. The van der Waals surface area contributed by atoms with Crippen LogP contribution in [0.4, 0.5) is 9.59 Å². The Morgan fingerprint density at radius 1 is 1.07 bits per heavy atom. The number of amides is 2. The summed E-state index contributed by atoms with van der Waals surface area (Å²) in [4.78, 5) is 35.5. The molecule has 244 valence electrons. The molecule has 1 aliphatic heterocycles. The SMILES string of the molecule is CCCCCCCCOc1ccc(-c2noc([C@@H]3C[C@@H](O)CN3C(=NC(=O)OC(C)(C)C)NC(=O)OC(C)(C)C)n2)cc1C. The minimum absolute atomic E-state index is 0.0452. The third kappa shape index (κ3) is 11.1. The van der Waals surface area contributed by atoms with Gasteiger partial charge in [0.15, 0.2) is 0 Å². The monoisotopic (exact) mass is 615 g/mol. The van der Waals surface area contributed by atoms with Crippen LogP contribution >= 0.6 is 0 Å². The summed E-state index contributed by atoms with van der Waals surface area (Å²) in [6.45, 7) is 15.2. The number of likely N-dealkylation sites (tertiary alicyclic amines) is 1. The molecule has 3 rings (SSSR count). The number of aliphatic hydroxyl groups is 1. The van der Waals surface area contributed by atoms with Crippen molar-refractivity contribution in [3.8, 4) is 17.1 Å². The van der Waals surface area contributed by atoms with Crippen molar-refractivity contribution in [2.24, 2.45) is 4.99 Å². The first-order valence-corrected chi connectivity index (χ1v) is 15.5. The molecule has 1 aromatic heterocycles. The summed E-state index contributed by atoms with van der Waals surface area (Å²) >= 11 is 0. The van der Waals surface area contributed by atoms with Gasteiger partial charge in [-0.3, -0.25) is 5.32 Å². The van der Waals surface area contributed by atoms with Crippen molar-refractivity contribution in [1.29, 1.82) is 0 Å². The number of aliphatic hydroxyl groups excluding tert-OH is 1. The van der Waals surface area contributed by atoms with Crippen molar-refractivity contribution in [2.75, 3.05) is 13.2 Å². The zero-order valence-electron chi connectivity index (χ0n) is 27.4. The Kier molecular flexibility index (Phi) is 12.2. The van der Waals surface area contributed by atoms with E-state index in [1.165, 1.54) is 30.6 Å². The fourth-order valence-electron chi connectivity index (χ4n) is 4.71. The van der Waals surface area contributed by atoms with E-state index in [4.69, 9.17) is 18.7 Å². The number of carbonyl (C=O) groups excluding carboxylic acids is 2. The Bertz CT molecular complexity index is 1280. The molecule has 2 N–H and O–H groups in total. The number of guanidine groups is 1. The molecular weight excluding hydrogens is 566 g/mol. The number of aromatic nitrogens is 2. The van der Waals surface area contributed by atoms with E-state index in [-0.39, 0.29) is 24.8 Å². The Morgan fingerprint density at radius 3 is 2.41 bits per heavy atom. The number of ether oxygens (including phenoxy) is 3. The molecule has 1 saturated heterocycles. The van der Waals surface area contributed by atoms with E-state index in [0.717, 1.165) is 29.7 Å². The van der Waals surface area contributed by atoms with Crippen LogP contribution in [0.1, 0.15) is 111 Å². The van der Waals surface area contributed by atoms with E-state index in [2.05, 4.69) is 27.4 Å². The topological polar surface area (TPSA) is 149 Å². The standard InChI is InChI=1S/C32H49N5O7/c1-9-10-11-12-13-14-17-41-25-16-15-22(18-21(25)2)26-33-27(44-36-26)24-19-23(38)20-37(24)28(34-29(39)42-31(3,4)5)35-30(40)43-32(6,7)8/h15-16,18,23-24,38H,9-14,17,19-20H2,1-8H3,(H,34,35,39,40)/t23-,24+/m1/s1. The lowest BCUT2D eigenvalue weighted by molar-refractivity contribution is 0.0552. The van der Waals surface area contributed by atoms with Crippen LogP contribution in [0.5, 0.6) is 5.75 Å². The van der Waals surface area contributed by atoms with Crippen LogP contribution in [0.15, 0.2) is 27.7 Å². The number of β-amino-alcohol motifs (C(OH)–C–C–N with tert-alkyl or cyclic N) is 1. The van der Waals surface area contributed by atoms with Gasteiger partial charge in [-0.25, -0.2) is 9.59 Å². The number of hydrogen-bond donors (Lipinski definition) is 2. The average molecular weight is 616 g/mol. The molecule has 2 aromatic rings. The molecule has 0 bridgehead atoms. The van der Waals surface area contributed by atoms with Crippen molar-refractivity contribution in [3.05, 3.63) is 29.7 Å². The zero-order chi connectivity index (χ0) is 32.5. The van der Waals surface area contributed by atoms with Gasteiger partial charge in [0.1, 0.15) is 23.0 Å². The Labute approximate surface area is 260 Å². The first kappa shape index (κ1) is 34.8. The van der Waals surface area contributed by atoms with E-state index in [9.17, 15) is 14.7 Å². The summed E-state index contributed by atoms with van der Waals surface area (Å²) in [5.74, 6) is 1.21. The van der Waals surface area contributed by atoms with Crippen molar-refractivity contribution in [2.45, 2.75) is 124 Å². The molecular formula is C32H49N5O7. The molecule has 0 aliphatic carbocycles. The van der Waals surface area contributed by atoms with Gasteiger partial charge in [-0.2, -0.15) is 4.98 Å². The molecule has 12 nitrogen and oxygen atoms in total. The maximum atomic E-state index is 12.7. The van der Waals surface area contributed by atoms with E-state index in [1.807, 2.05) is 25.1 Å². The van der Waals surface area contributed by atoms with Crippen LogP contribution in [0.3, 0.4) is 0 Å². The Morgan fingerprint density at radius 2 is 1.75 bits per heavy atom. The molecule has 0 unspecified atom stereocenters. The van der Waals surface area contributed by atoms with Gasteiger partial charge >= 0.3 is 12.2 Å². The Balaban J connectivity index is 1.77. The lowest BCUT2D eigenvalue weighted by Crippen LogP contribution is -2.46. The number of rotatable bonds is 10. The molecule has 2 atom stereocenters. The van der Waals surface area contributed by atoms with Crippen LogP contribution in [-0.4, -0.2) is 68.8 Å². The largest absolute Gasteiger partial charge is 0.493 e. The Hall–Kier alpha value is -3.67. The highest BCUT2D eigenvalue weighted by Gasteiger charge is 2.39. The molecule has 1 aliphatic rings. The fraction of sp³-hybridized carbons (Fsp3) is 0.656. The number of carbonyl (C=O) groups is 2. The van der Waals surface area contributed by atoms with Crippen LogP contribution in [0.2, 0.25) is 0 Å². The molecule has 2 heterocycles. The van der Waals surface area contributed by atoms with Crippen molar-refractivity contribution in [3.63, 3.8) is 0 Å². The third-order valence-corrected chi connectivity index (χ3v) is 6.67. The molecule has 2 amide bonds. The summed E-state index contributed by atoms with van der Waals surface area (Å²) in [7, 11) is 0. The molecule has 0 saturated carbocycles. The van der Waals surface area contributed by atoms with Crippen LogP contribution in [0, 0.1) is 6.92 Å². The number of benzene rings is 1. The van der Waals surface area contributed by atoms with Gasteiger partial charge in [0.25, 0.3) is 0 Å². The lowest BCUT2D eigenvalue weighted by atomic mass is 10.1. The highest BCUT2D eigenvalue weighted by Crippen LogP contribution is 2.33. The minimum Gasteiger partial charge on any atom is -0.493 e. The first-order chi connectivity index (χ1) is 20.6. The van der Waals surface area contributed by atoms with Gasteiger partial charge in [0.2, 0.25) is 17.7 Å². The first-order valence-electron chi connectivity index (χ1n) is 15.5. The molecule has 12 heteroatoms. The second kappa shape index (κ2) is 15.4. The van der Waals surface area contributed by atoms with Gasteiger partial charge in [0.05, 0.1) is 12.7 Å². The summed E-state index contributed by atoms with van der Waals surface area (Å²) in [5, 5.41) is 17.3. The van der Waals surface area contributed by atoms with Crippen molar-refractivity contribution < 1.29 is 33.4 Å². The third-order valence-electron chi connectivity index (χ3n) is 6.67. The predicted octanol–water partition coefficient (Wildman–Crippen LogP) is 6.71.